The van der Waals surface area contributed by atoms with Crippen LogP contribution in [-0.2, 0) is 25.7 Å². The van der Waals surface area contributed by atoms with E-state index in [0.717, 1.165) is 98.1 Å². The highest BCUT2D eigenvalue weighted by atomic mass is 16.3. The molecule has 0 aliphatic heterocycles. The van der Waals surface area contributed by atoms with Gasteiger partial charge in [-0.05, 0) is 154 Å². The molecule has 0 amide bonds. The summed E-state index contributed by atoms with van der Waals surface area (Å²) in [6, 6.07) is 79.1. The van der Waals surface area contributed by atoms with E-state index in [1.807, 2.05) is 48.9 Å². The van der Waals surface area contributed by atoms with Crippen LogP contribution in [-0.4, -0.2) is 15.0 Å². The van der Waals surface area contributed by atoms with Gasteiger partial charge in [0.2, 0.25) is 0 Å². The summed E-state index contributed by atoms with van der Waals surface area (Å²) in [5, 5.41) is 2.09. The van der Waals surface area contributed by atoms with E-state index in [1.54, 1.807) is 0 Å². The molecule has 4 aromatic heterocycles. The number of hydrogen-bond acceptors (Lipinski definition) is 4. The van der Waals surface area contributed by atoms with Crippen molar-refractivity contribution in [3.05, 3.63) is 270 Å². The highest BCUT2D eigenvalue weighted by Gasteiger charge is 2.18. The van der Waals surface area contributed by atoms with Gasteiger partial charge in [0.1, 0.15) is 11.2 Å². The fourth-order valence-corrected chi connectivity index (χ4v) is 10.3. The first-order valence-electron chi connectivity index (χ1n) is 25.3. The third-order valence-electron chi connectivity index (χ3n) is 14.2. The first-order chi connectivity index (χ1) is 35.9. The second kappa shape index (κ2) is 20.0. The number of rotatable bonds is 13. The standard InChI is InChI=1S/C69H53N3O/c1-46-34-36-70-65(38-46)55-24-20-48(21-25-55)16-18-50-40-51(19-17-49-22-26-56(27-23-49)66-39-47(2)35-37-71-66)42-58(41-50)59-12-6-7-13-60(59)61-33-32-57(67-44-69-64(45-72-67)62-14-8-9-15-68(62)73-69)43-63(61)54-30-28-53(29-31-54)52-10-4-3-5-11-52/h3-15,20-45H,16-19H2,1-2H3. The molecule has 0 unspecified atom stereocenters. The molecule has 4 heteroatoms. The molecule has 8 aromatic carbocycles. The lowest BCUT2D eigenvalue weighted by Crippen LogP contribution is -1.98. The van der Waals surface area contributed by atoms with E-state index in [0.29, 0.717) is 0 Å². The molecule has 12 rings (SSSR count). The molecular weight excluding hydrogens is 887 g/mol. The Kier molecular flexibility index (Phi) is 12.4. The van der Waals surface area contributed by atoms with E-state index in [1.165, 1.54) is 61.2 Å². The van der Waals surface area contributed by atoms with E-state index >= 15 is 0 Å². The molecule has 0 N–H and O–H groups in total. The van der Waals surface area contributed by atoms with Gasteiger partial charge >= 0.3 is 0 Å². The maximum Gasteiger partial charge on any atom is 0.139 e. The first kappa shape index (κ1) is 45.2. The molecule has 0 bridgehead atoms. The molecule has 0 atom stereocenters. The van der Waals surface area contributed by atoms with Crippen LogP contribution in [0, 0.1) is 13.8 Å². The molecular formula is C69H53N3O. The topological polar surface area (TPSA) is 51.8 Å². The average Bonchev–Trinajstić information content (AvgIpc) is 3.82. The van der Waals surface area contributed by atoms with Crippen molar-refractivity contribution in [3.8, 4) is 78.3 Å². The third-order valence-corrected chi connectivity index (χ3v) is 14.2. The second-order valence-electron chi connectivity index (χ2n) is 19.3. The lowest BCUT2D eigenvalue weighted by molar-refractivity contribution is 0.668. The zero-order valence-corrected chi connectivity index (χ0v) is 41.1. The maximum atomic E-state index is 6.35. The largest absolute Gasteiger partial charge is 0.456 e. The number of furan rings is 1. The van der Waals surface area contributed by atoms with Gasteiger partial charge in [-0.15, -0.1) is 0 Å². The minimum atomic E-state index is 0.832. The molecule has 0 fully saturated rings. The Morgan fingerprint density at radius 2 is 0.808 bits per heavy atom. The van der Waals surface area contributed by atoms with Crippen LogP contribution in [0.1, 0.15) is 33.4 Å². The SMILES string of the molecule is Cc1ccnc(-c2ccc(CCc3cc(CCc4ccc(-c5cc(C)ccn5)cc4)cc(-c4ccccc4-c4ccc(-c5cc6oc7ccccc7c6cn5)cc4-c4ccc(-c5ccccc5)cc4)c3)cc2)c1. The fraction of sp³-hybridized carbons (Fsp3) is 0.0870. The van der Waals surface area contributed by atoms with E-state index in [9.17, 15) is 0 Å². The van der Waals surface area contributed by atoms with Crippen LogP contribution in [0.5, 0.6) is 0 Å². The fourth-order valence-electron chi connectivity index (χ4n) is 10.3. The van der Waals surface area contributed by atoms with Crippen LogP contribution in [0.15, 0.2) is 241 Å². The van der Waals surface area contributed by atoms with Gasteiger partial charge in [0.15, 0.2) is 0 Å². The summed E-state index contributed by atoms with van der Waals surface area (Å²) in [4.78, 5) is 14.3. The molecule has 350 valence electrons. The summed E-state index contributed by atoms with van der Waals surface area (Å²) in [6.45, 7) is 4.23. The molecule has 0 aliphatic carbocycles. The van der Waals surface area contributed by atoms with Crippen LogP contribution >= 0.6 is 0 Å². The van der Waals surface area contributed by atoms with Crippen LogP contribution in [0.3, 0.4) is 0 Å². The smallest absolute Gasteiger partial charge is 0.139 e. The molecule has 0 saturated heterocycles. The lowest BCUT2D eigenvalue weighted by Gasteiger charge is -2.18. The molecule has 73 heavy (non-hydrogen) atoms. The predicted molar refractivity (Wildman–Crippen MR) is 302 cm³/mol. The van der Waals surface area contributed by atoms with Crippen molar-refractivity contribution in [2.45, 2.75) is 39.5 Å². The van der Waals surface area contributed by atoms with Gasteiger partial charge in [-0.2, -0.15) is 0 Å². The number of aromatic nitrogens is 3. The van der Waals surface area contributed by atoms with Crippen molar-refractivity contribution in [2.75, 3.05) is 0 Å². The summed E-state index contributed by atoms with van der Waals surface area (Å²) < 4.78 is 6.35. The van der Waals surface area contributed by atoms with Crippen molar-refractivity contribution in [1.29, 1.82) is 0 Å². The highest BCUT2D eigenvalue weighted by Crippen LogP contribution is 2.42. The van der Waals surface area contributed by atoms with Gasteiger partial charge in [0.05, 0.1) is 17.1 Å². The molecule has 0 aliphatic rings. The number of pyridine rings is 3. The molecule has 0 saturated carbocycles. The van der Waals surface area contributed by atoms with Crippen molar-refractivity contribution in [2.24, 2.45) is 0 Å². The number of para-hydroxylation sites is 1. The van der Waals surface area contributed by atoms with Gasteiger partial charge < -0.3 is 4.42 Å². The molecule has 4 nitrogen and oxygen atoms in total. The van der Waals surface area contributed by atoms with Crippen molar-refractivity contribution in [3.63, 3.8) is 0 Å². The summed E-state index contributed by atoms with van der Waals surface area (Å²) >= 11 is 0. The van der Waals surface area contributed by atoms with E-state index in [-0.39, 0.29) is 0 Å². The van der Waals surface area contributed by atoms with Gasteiger partial charge in [0, 0.05) is 52.1 Å². The van der Waals surface area contributed by atoms with Gasteiger partial charge in [-0.1, -0.05) is 176 Å². The van der Waals surface area contributed by atoms with Gasteiger partial charge in [-0.25, -0.2) is 0 Å². The summed E-state index contributed by atoms with van der Waals surface area (Å²) in [5.74, 6) is 0. The Morgan fingerprint density at radius 3 is 1.45 bits per heavy atom. The quantitative estimate of drug-likeness (QED) is 0.116. The maximum absolute atomic E-state index is 6.35. The van der Waals surface area contributed by atoms with Crippen LogP contribution in [0.2, 0.25) is 0 Å². The van der Waals surface area contributed by atoms with Crippen LogP contribution in [0.25, 0.3) is 100 Å². The molecule has 0 spiro atoms. The van der Waals surface area contributed by atoms with E-state index < -0.39 is 0 Å². The van der Waals surface area contributed by atoms with Crippen molar-refractivity contribution >= 4 is 21.9 Å². The van der Waals surface area contributed by atoms with Gasteiger partial charge in [0.25, 0.3) is 0 Å². The average molecular weight is 940 g/mol. The Balaban J connectivity index is 0.920. The Labute approximate surface area is 427 Å². The normalized spacial score (nSPS) is 11.4. The van der Waals surface area contributed by atoms with Crippen LogP contribution < -0.4 is 0 Å². The van der Waals surface area contributed by atoms with Gasteiger partial charge in [-0.3, -0.25) is 15.0 Å². The minimum Gasteiger partial charge on any atom is -0.456 e. The predicted octanol–water partition coefficient (Wildman–Crippen LogP) is 17.6. The monoisotopic (exact) mass is 939 g/mol. The number of nitrogens with zero attached hydrogens (tertiary/aromatic N) is 3. The van der Waals surface area contributed by atoms with Crippen molar-refractivity contribution < 1.29 is 4.42 Å². The van der Waals surface area contributed by atoms with E-state index in [4.69, 9.17) is 9.40 Å². The van der Waals surface area contributed by atoms with Crippen LogP contribution in [0.4, 0.5) is 0 Å². The zero-order chi connectivity index (χ0) is 49.1. The number of benzene rings is 8. The highest BCUT2D eigenvalue weighted by molar-refractivity contribution is 6.05. The van der Waals surface area contributed by atoms with E-state index in [2.05, 4.69) is 212 Å². The lowest BCUT2D eigenvalue weighted by atomic mass is 9.86. The number of aryl methyl sites for hydroxylation is 6. The minimum absolute atomic E-state index is 0.832. The Hall–Kier alpha value is -8.99. The summed E-state index contributed by atoms with van der Waals surface area (Å²) in [7, 11) is 0. The third kappa shape index (κ3) is 9.76. The Bertz CT molecular complexity index is 3800. The summed E-state index contributed by atoms with van der Waals surface area (Å²) in [6.07, 6.45) is 9.42. The molecule has 0 radical (unpaired) electrons. The molecule has 12 aromatic rings. The number of fused-ring (bicyclic) bond motifs is 3. The Morgan fingerprint density at radius 1 is 0.301 bits per heavy atom. The number of hydrogen-bond donors (Lipinski definition) is 0. The van der Waals surface area contributed by atoms with Crippen molar-refractivity contribution in [1.82, 2.24) is 15.0 Å². The summed E-state index contributed by atoms with van der Waals surface area (Å²) in [5.41, 5.74) is 25.0. The zero-order valence-electron chi connectivity index (χ0n) is 41.1. The first-order valence-corrected chi connectivity index (χ1v) is 25.3. The molecule has 4 heterocycles. The second-order valence-corrected chi connectivity index (χ2v) is 19.3.